The molecule has 0 unspecified atom stereocenters. The number of piperidine rings is 2. The molecule has 3 heterocycles. The number of nitrogens with one attached hydrogen (secondary N) is 1. The Morgan fingerprint density at radius 3 is 2.86 bits per heavy atom. The molecule has 1 amide bonds. The molecule has 7 heteroatoms. The Morgan fingerprint density at radius 2 is 2.18 bits per heavy atom. The maximum atomic E-state index is 13.1. The lowest BCUT2D eigenvalue weighted by molar-refractivity contribution is -0.138. The number of carbonyl (C=O) groups excluding carboxylic acids is 1. The van der Waals surface area contributed by atoms with Crippen molar-refractivity contribution in [3.8, 4) is 0 Å². The van der Waals surface area contributed by atoms with Crippen LogP contribution in [0.25, 0.3) is 0 Å². The van der Waals surface area contributed by atoms with E-state index >= 15 is 0 Å². The fourth-order valence-corrected chi connectivity index (χ4v) is 3.11. The van der Waals surface area contributed by atoms with Gasteiger partial charge in [-0.25, -0.2) is 8.78 Å². The molecule has 5 nitrogen and oxygen atoms in total. The van der Waals surface area contributed by atoms with E-state index < -0.39 is 5.92 Å². The quantitative estimate of drug-likeness (QED) is 0.922. The molecule has 0 bridgehead atoms. The van der Waals surface area contributed by atoms with Crippen molar-refractivity contribution in [2.75, 3.05) is 26.2 Å². The van der Waals surface area contributed by atoms with E-state index in [4.69, 9.17) is 0 Å². The summed E-state index contributed by atoms with van der Waals surface area (Å²) in [6, 6.07) is 1.95. The molecular formula is C15H22F2N4O. The molecule has 0 aliphatic carbocycles. The topological polar surface area (TPSA) is 50.2 Å². The fourth-order valence-electron chi connectivity index (χ4n) is 3.11. The molecule has 0 saturated carbocycles. The van der Waals surface area contributed by atoms with Gasteiger partial charge in [-0.15, -0.1) is 0 Å². The Labute approximate surface area is 128 Å². The SMILES string of the molecule is O=C(Cn1ccc([C@@H]2CCCNC2)n1)N1CCC(F)(F)CC1. The second-order valence-corrected chi connectivity index (χ2v) is 6.22. The lowest BCUT2D eigenvalue weighted by Gasteiger charge is -2.31. The van der Waals surface area contributed by atoms with Gasteiger partial charge in [0.15, 0.2) is 0 Å². The normalized spacial score (nSPS) is 25.2. The lowest BCUT2D eigenvalue weighted by atomic mass is 9.97. The number of hydrogen-bond donors (Lipinski definition) is 1. The van der Waals surface area contributed by atoms with Crippen molar-refractivity contribution < 1.29 is 13.6 Å². The van der Waals surface area contributed by atoms with Crippen molar-refractivity contribution in [2.24, 2.45) is 0 Å². The van der Waals surface area contributed by atoms with E-state index in [1.807, 2.05) is 6.07 Å². The van der Waals surface area contributed by atoms with E-state index in [9.17, 15) is 13.6 Å². The van der Waals surface area contributed by atoms with Gasteiger partial charge in [0.25, 0.3) is 5.92 Å². The number of halogens is 2. The number of likely N-dealkylation sites (tertiary alicyclic amines) is 1. The average molecular weight is 312 g/mol. The Kier molecular flexibility index (Phi) is 4.42. The standard InChI is InChI=1S/C15H22F2N4O/c16-15(17)4-8-20(9-5-15)14(22)11-21-7-3-13(19-21)12-2-1-6-18-10-12/h3,7,12,18H,1-2,4-6,8-11H2/t12-/m1/s1. The molecule has 1 N–H and O–H groups in total. The van der Waals surface area contributed by atoms with Crippen molar-refractivity contribution in [3.05, 3.63) is 18.0 Å². The van der Waals surface area contributed by atoms with Crippen LogP contribution in [0, 0.1) is 0 Å². The van der Waals surface area contributed by atoms with Crippen LogP contribution in [0.2, 0.25) is 0 Å². The molecule has 1 atom stereocenters. The number of amides is 1. The van der Waals surface area contributed by atoms with Crippen molar-refractivity contribution in [2.45, 2.75) is 44.1 Å². The van der Waals surface area contributed by atoms with Gasteiger partial charge in [0, 0.05) is 44.6 Å². The second-order valence-electron chi connectivity index (χ2n) is 6.22. The van der Waals surface area contributed by atoms with E-state index in [-0.39, 0.29) is 38.4 Å². The Balaban J connectivity index is 1.54. The van der Waals surface area contributed by atoms with Crippen molar-refractivity contribution in [1.82, 2.24) is 20.0 Å². The van der Waals surface area contributed by atoms with Crippen molar-refractivity contribution in [1.29, 1.82) is 0 Å². The van der Waals surface area contributed by atoms with E-state index in [0.29, 0.717) is 5.92 Å². The zero-order valence-corrected chi connectivity index (χ0v) is 12.6. The minimum absolute atomic E-state index is 0.131. The molecule has 1 aromatic rings. The summed E-state index contributed by atoms with van der Waals surface area (Å²) in [4.78, 5) is 13.7. The first-order valence-corrected chi connectivity index (χ1v) is 7.93. The molecule has 2 fully saturated rings. The summed E-state index contributed by atoms with van der Waals surface area (Å²) in [7, 11) is 0. The highest BCUT2D eigenvalue weighted by molar-refractivity contribution is 5.76. The molecule has 2 aliphatic rings. The predicted molar refractivity (Wildman–Crippen MR) is 77.8 cm³/mol. The third-order valence-electron chi connectivity index (χ3n) is 4.52. The Bertz CT molecular complexity index is 515. The lowest BCUT2D eigenvalue weighted by Crippen LogP contribution is -2.44. The number of aromatic nitrogens is 2. The van der Waals surface area contributed by atoms with Gasteiger partial charge in [-0.1, -0.05) is 0 Å². The van der Waals surface area contributed by atoms with Gasteiger partial charge in [0.1, 0.15) is 6.54 Å². The maximum Gasteiger partial charge on any atom is 0.251 e. The predicted octanol–water partition coefficient (Wildman–Crippen LogP) is 1.61. The molecule has 0 radical (unpaired) electrons. The van der Waals surface area contributed by atoms with Crippen LogP contribution in [0.3, 0.4) is 0 Å². The first kappa shape index (κ1) is 15.4. The molecule has 122 valence electrons. The van der Waals surface area contributed by atoms with E-state index in [1.165, 1.54) is 4.90 Å². The van der Waals surface area contributed by atoms with Gasteiger partial charge >= 0.3 is 0 Å². The van der Waals surface area contributed by atoms with Crippen LogP contribution in [0.5, 0.6) is 0 Å². The van der Waals surface area contributed by atoms with Crippen LogP contribution < -0.4 is 5.32 Å². The maximum absolute atomic E-state index is 13.1. The van der Waals surface area contributed by atoms with Crippen molar-refractivity contribution in [3.63, 3.8) is 0 Å². The zero-order chi connectivity index (χ0) is 15.6. The number of rotatable bonds is 3. The van der Waals surface area contributed by atoms with Gasteiger partial charge < -0.3 is 10.2 Å². The van der Waals surface area contributed by atoms with Gasteiger partial charge in [-0.05, 0) is 25.5 Å². The fraction of sp³-hybridized carbons (Fsp3) is 0.733. The number of hydrogen-bond acceptors (Lipinski definition) is 3. The van der Waals surface area contributed by atoms with Crippen LogP contribution in [0.1, 0.15) is 37.3 Å². The Morgan fingerprint density at radius 1 is 1.41 bits per heavy atom. The third-order valence-corrected chi connectivity index (χ3v) is 4.52. The van der Waals surface area contributed by atoms with E-state index in [0.717, 1.165) is 31.6 Å². The monoisotopic (exact) mass is 312 g/mol. The van der Waals surface area contributed by atoms with E-state index in [1.54, 1.807) is 10.9 Å². The summed E-state index contributed by atoms with van der Waals surface area (Å²) >= 11 is 0. The number of carbonyl (C=O) groups is 1. The second kappa shape index (κ2) is 6.32. The van der Waals surface area contributed by atoms with Gasteiger partial charge in [0.05, 0.1) is 5.69 Å². The smallest absolute Gasteiger partial charge is 0.251 e. The zero-order valence-electron chi connectivity index (χ0n) is 12.6. The highest BCUT2D eigenvalue weighted by Gasteiger charge is 2.35. The molecule has 2 saturated heterocycles. The third kappa shape index (κ3) is 3.63. The minimum Gasteiger partial charge on any atom is -0.341 e. The molecule has 1 aromatic heterocycles. The summed E-state index contributed by atoms with van der Waals surface area (Å²) in [5, 5.41) is 7.83. The first-order valence-electron chi connectivity index (χ1n) is 7.93. The van der Waals surface area contributed by atoms with Crippen LogP contribution in [0.15, 0.2) is 12.3 Å². The highest BCUT2D eigenvalue weighted by Crippen LogP contribution is 2.27. The van der Waals surface area contributed by atoms with Crippen LogP contribution >= 0.6 is 0 Å². The van der Waals surface area contributed by atoms with E-state index in [2.05, 4.69) is 10.4 Å². The summed E-state index contributed by atoms with van der Waals surface area (Å²) in [6.07, 6.45) is 3.58. The minimum atomic E-state index is -2.62. The van der Waals surface area contributed by atoms with Crippen molar-refractivity contribution >= 4 is 5.91 Å². The Hall–Kier alpha value is -1.50. The van der Waals surface area contributed by atoms with Crippen LogP contribution in [0.4, 0.5) is 8.78 Å². The molecule has 3 rings (SSSR count). The molecule has 0 aromatic carbocycles. The largest absolute Gasteiger partial charge is 0.341 e. The van der Waals surface area contributed by atoms with Crippen LogP contribution in [-0.4, -0.2) is 52.7 Å². The number of alkyl halides is 2. The molecule has 0 spiro atoms. The number of nitrogens with zero attached hydrogens (tertiary/aromatic N) is 3. The van der Waals surface area contributed by atoms with Crippen LogP contribution in [-0.2, 0) is 11.3 Å². The summed E-state index contributed by atoms with van der Waals surface area (Å²) in [6.45, 7) is 2.37. The van der Waals surface area contributed by atoms with Gasteiger partial charge in [-0.3, -0.25) is 9.48 Å². The van der Waals surface area contributed by atoms with Gasteiger partial charge in [-0.2, -0.15) is 5.10 Å². The molecule has 22 heavy (non-hydrogen) atoms. The summed E-state index contributed by atoms with van der Waals surface area (Å²) in [5.74, 6) is -2.35. The first-order chi connectivity index (χ1) is 10.5. The molecular weight excluding hydrogens is 290 g/mol. The summed E-state index contributed by atoms with van der Waals surface area (Å²) in [5.41, 5.74) is 1.00. The van der Waals surface area contributed by atoms with Gasteiger partial charge in [0.2, 0.25) is 5.91 Å². The highest BCUT2D eigenvalue weighted by atomic mass is 19.3. The average Bonchev–Trinajstić information content (AvgIpc) is 2.96. The molecule has 2 aliphatic heterocycles. The summed E-state index contributed by atoms with van der Waals surface area (Å²) < 4.78 is 27.9.